The Balaban J connectivity index is 2.38. The average molecular weight is 285 g/mol. The van der Waals surface area contributed by atoms with Crippen LogP contribution in [0, 0.1) is 5.92 Å². The molecule has 21 heavy (non-hydrogen) atoms. The number of para-hydroxylation sites is 1. The number of hydrogen-bond donors (Lipinski definition) is 1. The van der Waals surface area contributed by atoms with Gasteiger partial charge in [0.2, 0.25) is 0 Å². The normalized spacial score (nSPS) is 11.7. The van der Waals surface area contributed by atoms with Crippen LogP contribution in [0.2, 0.25) is 0 Å². The van der Waals surface area contributed by atoms with E-state index >= 15 is 0 Å². The van der Waals surface area contributed by atoms with Gasteiger partial charge in [-0.2, -0.15) is 0 Å². The molecule has 0 spiro atoms. The summed E-state index contributed by atoms with van der Waals surface area (Å²) >= 11 is 0. The number of hydrogen-bond acceptors (Lipinski definition) is 3. The van der Waals surface area contributed by atoms with E-state index in [1.54, 1.807) is 26.2 Å². The fourth-order valence-corrected chi connectivity index (χ4v) is 2.01. The van der Waals surface area contributed by atoms with Crippen LogP contribution >= 0.6 is 0 Å². The Hall–Kier alpha value is -1.87. The highest BCUT2D eigenvalue weighted by Crippen LogP contribution is 2.31. The van der Waals surface area contributed by atoms with Crippen molar-refractivity contribution in [3.63, 3.8) is 0 Å². The molecule has 0 aliphatic rings. The lowest BCUT2D eigenvalue weighted by molar-refractivity contribution is 0.0783. The Morgan fingerprint density at radius 1 is 1.19 bits per heavy atom. The van der Waals surface area contributed by atoms with Gasteiger partial charge in [0.15, 0.2) is 0 Å². The van der Waals surface area contributed by atoms with Crippen molar-refractivity contribution >= 4 is 0 Å². The minimum absolute atomic E-state index is 0.471. The van der Waals surface area contributed by atoms with Crippen LogP contribution in [-0.2, 0) is 5.60 Å². The molecule has 3 heteroatoms. The second kappa shape index (κ2) is 6.27. The van der Waals surface area contributed by atoms with Gasteiger partial charge in [-0.1, -0.05) is 32.0 Å². The smallest absolute Gasteiger partial charge is 0.127 e. The molecule has 3 nitrogen and oxygen atoms in total. The van der Waals surface area contributed by atoms with Crippen molar-refractivity contribution in [3.8, 4) is 16.9 Å². The first-order valence-corrected chi connectivity index (χ1v) is 7.28. The van der Waals surface area contributed by atoms with Crippen molar-refractivity contribution in [2.75, 3.05) is 6.61 Å². The summed E-state index contributed by atoms with van der Waals surface area (Å²) in [5, 5.41) is 10.1. The lowest BCUT2D eigenvalue weighted by Crippen LogP contribution is -2.15. The van der Waals surface area contributed by atoms with Crippen LogP contribution in [-0.4, -0.2) is 16.7 Å². The molecule has 2 rings (SSSR count). The van der Waals surface area contributed by atoms with Crippen LogP contribution in [0.1, 0.15) is 33.3 Å². The van der Waals surface area contributed by atoms with E-state index in [1.165, 1.54) is 0 Å². The van der Waals surface area contributed by atoms with Crippen molar-refractivity contribution in [1.29, 1.82) is 0 Å². The monoisotopic (exact) mass is 285 g/mol. The topological polar surface area (TPSA) is 42.4 Å². The van der Waals surface area contributed by atoms with E-state index in [9.17, 15) is 5.11 Å². The molecule has 2 aromatic rings. The second-order valence-corrected chi connectivity index (χ2v) is 6.22. The Morgan fingerprint density at radius 2 is 1.90 bits per heavy atom. The van der Waals surface area contributed by atoms with Gasteiger partial charge in [0.05, 0.1) is 12.2 Å². The lowest BCUT2D eigenvalue weighted by Gasteiger charge is -2.19. The molecule has 0 bridgehead atoms. The van der Waals surface area contributed by atoms with Gasteiger partial charge in [-0.15, -0.1) is 0 Å². The largest absolute Gasteiger partial charge is 0.493 e. The zero-order valence-electron chi connectivity index (χ0n) is 13.1. The van der Waals surface area contributed by atoms with Crippen molar-refractivity contribution in [3.05, 3.63) is 48.3 Å². The zero-order chi connectivity index (χ0) is 15.5. The predicted octanol–water partition coefficient (Wildman–Crippen LogP) is 4.01. The summed E-state index contributed by atoms with van der Waals surface area (Å²) in [4.78, 5) is 4.25. The fourth-order valence-electron chi connectivity index (χ4n) is 2.01. The van der Waals surface area contributed by atoms with Crippen LogP contribution in [0.3, 0.4) is 0 Å². The average Bonchev–Trinajstić information content (AvgIpc) is 2.44. The summed E-state index contributed by atoms with van der Waals surface area (Å²) in [6, 6.07) is 9.89. The highest BCUT2D eigenvalue weighted by molar-refractivity contribution is 5.70. The number of rotatable bonds is 5. The van der Waals surface area contributed by atoms with E-state index in [-0.39, 0.29) is 0 Å². The van der Waals surface area contributed by atoms with Gasteiger partial charge in [-0.3, -0.25) is 4.98 Å². The van der Waals surface area contributed by atoms with E-state index in [4.69, 9.17) is 4.74 Å². The third kappa shape index (κ3) is 4.05. The maximum Gasteiger partial charge on any atom is 0.127 e. The predicted molar refractivity (Wildman–Crippen MR) is 85.3 cm³/mol. The number of benzene rings is 1. The summed E-state index contributed by atoms with van der Waals surface area (Å²) in [6.07, 6.45) is 3.49. The molecule has 1 N–H and O–H groups in total. The zero-order valence-corrected chi connectivity index (χ0v) is 13.1. The molecule has 0 aliphatic carbocycles. The van der Waals surface area contributed by atoms with Gasteiger partial charge >= 0.3 is 0 Å². The maximum absolute atomic E-state index is 10.1. The number of aliphatic hydroxyl groups is 1. The van der Waals surface area contributed by atoms with E-state index in [1.807, 2.05) is 30.3 Å². The molecule has 0 fully saturated rings. The number of nitrogens with zero attached hydrogens (tertiary/aromatic N) is 1. The highest BCUT2D eigenvalue weighted by Gasteiger charge is 2.17. The summed E-state index contributed by atoms with van der Waals surface area (Å²) < 4.78 is 5.89. The van der Waals surface area contributed by atoms with Gasteiger partial charge in [0, 0.05) is 29.1 Å². The minimum atomic E-state index is -0.906. The van der Waals surface area contributed by atoms with Crippen LogP contribution in [0.15, 0.2) is 42.7 Å². The van der Waals surface area contributed by atoms with Gasteiger partial charge in [0.1, 0.15) is 5.75 Å². The maximum atomic E-state index is 10.1. The summed E-state index contributed by atoms with van der Waals surface area (Å²) in [5.74, 6) is 1.32. The molecule has 1 aromatic carbocycles. The molecule has 0 saturated carbocycles. The number of aromatic nitrogens is 1. The van der Waals surface area contributed by atoms with E-state index in [0.717, 1.165) is 22.4 Å². The summed E-state index contributed by atoms with van der Waals surface area (Å²) in [6.45, 7) is 8.44. The molecule has 0 atom stereocenters. The Labute approximate surface area is 126 Å². The molecule has 0 amide bonds. The van der Waals surface area contributed by atoms with Gasteiger partial charge in [0.25, 0.3) is 0 Å². The third-order valence-electron chi connectivity index (χ3n) is 3.21. The molecule has 112 valence electrons. The standard InChI is InChI=1S/C18H23NO2/c1-13(2)12-21-17-8-6-5-7-16(17)14-9-15(11-19-10-14)18(3,4)20/h5-11,13,20H,12H2,1-4H3. The van der Waals surface area contributed by atoms with E-state index < -0.39 is 5.60 Å². The second-order valence-electron chi connectivity index (χ2n) is 6.22. The van der Waals surface area contributed by atoms with E-state index in [0.29, 0.717) is 12.5 Å². The first-order valence-electron chi connectivity index (χ1n) is 7.28. The van der Waals surface area contributed by atoms with Gasteiger partial charge < -0.3 is 9.84 Å². The Bertz CT molecular complexity index is 600. The van der Waals surface area contributed by atoms with E-state index in [2.05, 4.69) is 18.8 Å². The van der Waals surface area contributed by atoms with Gasteiger partial charge in [-0.05, 0) is 31.9 Å². The van der Waals surface area contributed by atoms with Crippen molar-refractivity contribution in [2.45, 2.75) is 33.3 Å². The first kappa shape index (κ1) is 15.5. The van der Waals surface area contributed by atoms with Crippen molar-refractivity contribution in [1.82, 2.24) is 4.98 Å². The van der Waals surface area contributed by atoms with Crippen LogP contribution in [0.5, 0.6) is 5.75 Å². The number of pyridine rings is 1. The molecule has 0 aliphatic heterocycles. The summed E-state index contributed by atoms with van der Waals surface area (Å²) in [5.41, 5.74) is 1.83. The van der Waals surface area contributed by atoms with Crippen LogP contribution < -0.4 is 4.74 Å². The first-order chi connectivity index (χ1) is 9.88. The minimum Gasteiger partial charge on any atom is -0.493 e. The summed E-state index contributed by atoms with van der Waals surface area (Å²) in [7, 11) is 0. The van der Waals surface area contributed by atoms with Crippen molar-refractivity contribution < 1.29 is 9.84 Å². The molecule has 0 radical (unpaired) electrons. The van der Waals surface area contributed by atoms with Gasteiger partial charge in [-0.25, -0.2) is 0 Å². The quantitative estimate of drug-likeness (QED) is 0.902. The molecule has 0 saturated heterocycles. The third-order valence-corrected chi connectivity index (χ3v) is 3.21. The molecular weight excluding hydrogens is 262 g/mol. The lowest BCUT2D eigenvalue weighted by atomic mass is 9.96. The number of ether oxygens (including phenoxy) is 1. The molecule has 1 aromatic heterocycles. The SMILES string of the molecule is CC(C)COc1ccccc1-c1cncc(C(C)(C)O)c1. The molecular formula is C18H23NO2. The molecule has 0 unspecified atom stereocenters. The Morgan fingerprint density at radius 3 is 2.57 bits per heavy atom. The molecule has 1 heterocycles. The Kier molecular flexibility index (Phi) is 4.63. The van der Waals surface area contributed by atoms with Crippen LogP contribution in [0.4, 0.5) is 0 Å². The highest BCUT2D eigenvalue weighted by atomic mass is 16.5. The fraction of sp³-hybridized carbons (Fsp3) is 0.389. The van der Waals surface area contributed by atoms with Crippen molar-refractivity contribution in [2.24, 2.45) is 5.92 Å². The van der Waals surface area contributed by atoms with Crippen LogP contribution in [0.25, 0.3) is 11.1 Å².